The molecule has 0 N–H and O–H groups in total. The van der Waals surface area contributed by atoms with E-state index >= 15 is 0 Å². The SMILES string of the molecule is C=Cc1ccc(OCOC2C3CC4CC(C3)CC2C4)cc1. The van der Waals surface area contributed by atoms with Crippen molar-refractivity contribution in [2.45, 2.75) is 38.2 Å². The van der Waals surface area contributed by atoms with Crippen molar-refractivity contribution >= 4 is 6.08 Å². The number of hydrogen-bond acceptors (Lipinski definition) is 2. The Bertz CT molecular complexity index is 477. The second-order valence-electron chi connectivity index (χ2n) is 7.10. The molecule has 0 spiro atoms. The van der Waals surface area contributed by atoms with Crippen molar-refractivity contribution in [1.29, 1.82) is 0 Å². The number of hydrogen-bond donors (Lipinski definition) is 0. The second-order valence-corrected chi connectivity index (χ2v) is 7.10. The van der Waals surface area contributed by atoms with Gasteiger partial charge in [0.2, 0.25) is 0 Å². The van der Waals surface area contributed by atoms with E-state index in [0.29, 0.717) is 12.9 Å². The lowest BCUT2D eigenvalue weighted by atomic mass is 9.55. The van der Waals surface area contributed by atoms with Crippen LogP contribution < -0.4 is 4.74 Å². The van der Waals surface area contributed by atoms with Gasteiger partial charge < -0.3 is 9.47 Å². The highest BCUT2D eigenvalue weighted by Crippen LogP contribution is 2.54. The molecule has 2 nitrogen and oxygen atoms in total. The smallest absolute Gasteiger partial charge is 0.189 e. The number of ether oxygens (including phenoxy) is 2. The molecule has 0 atom stereocenters. The van der Waals surface area contributed by atoms with E-state index in [9.17, 15) is 0 Å². The predicted molar refractivity (Wildman–Crippen MR) is 83.9 cm³/mol. The standard InChI is InChI=1S/C19H24O2/c1-2-13-3-5-18(6-4-13)20-12-21-19-16-8-14-7-15(10-16)11-17(19)9-14/h2-6,14-17,19H,1,7-12H2. The van der Waals surface area contributed by atoms with Gasteiger partial charge in [0, 0.05) is 0 Å². The second kappa shape index (κ2) is 5.49. The molecule has 1 aromatic carbocycles. The Kier molecular flexibility index (Phi) is 3.50. The van der Waals surface area contributed by atoms with Gasteiger partial charge >= 0.3 is 0 Å². The van der Waals surface area contributed by atoms with E-state index in [2.05, 4.69) is 6.58 Å². The van der Waals surface area contributed by atoms with E-state index in [1.807, 2.05) is 30.3 Å². The van der Waals surface area contributed by atoms with Crippen molar-refractivity contribution in [3.05, 3.63) is 36.4 Å². The first-order valence-corrected chi connectivity index (χ1v) is 8.28. The molecule has 0 saturated heterocycles. The minimum Gasteiger partial charge on any atom is -0.468 e. The average Bonchev–Trinajstić information content (AvgIpc) is 2.50. The molecule has 4 fully saturated rings. The first-order chi connectivity index (χ1) is 10.3. The third-order valence-corrected chi connectivity index (χ3v) is 5.74. The Hall–Kier alpha value is -1.28. The molecular weight excluding hydrogens is 260 g/mol. The zero-order valence-electron chi connectivity index (χ0n) is 12.5. The summed E-state index contributed by atoms with van der Waals surface area (Å²) in [6, 6.07) is 8.00. The molecule has 4 aliphatic carbocycles. The van der Waals surface area contributed by atoms with Crippen LogP contribution in [0.15, 0.2) is 30.8 Å². The molecule has 0 radical (unpaired) electrons. The zero-order valence-corrected chi connectivity index (χ0v) is 12.5. The Labute approximate surface area is 127 Å². The van der Waals surface area contributed by atoms with Crippen molar-refractivity contribution in [3.63, 3.8) is 0 Å². The summed E-state index contributed by atoms with van der Waals surface area (Å²) in [5, 5.41) is 0. The maximum Gasteiger partial charge on any atom is 0.189 e. The quantitative estimate of drug-likeness (QED) is 0.741. The molecule has 112 valence electrons. The monoisotopic (exact) mass is 284 g/mol. The van der Waals surface area contributed by atoms with E-state index in [-0.39, 0.29) is 0 Å². The van der Waals surface area contributed by atoms with E-state index < -0.39 is 0 Å². The van der Waals surface area contributed by atoms with Crippen LogP contribution in [0.25, 0.3) is 6.08 Å². The maximum absolute atomic E-state index is 6.14. The molecule has 0 aliphatic heterocycles. The fourth-order valence-corrected chi connectivity index (χ4v) is 5.03. The highest BCUT2D eigenvalue weighted by atomic mass is 16.7. The normalized spacial score (nSPS) is 36.7. The Balaban J connectivity index is 1.31. The van der Waals surface area contributed by atoms with Gasteiger partial charge in [0.25, 0.3) is 0 Å². The summed E-state index contributed by atoms with van der Waals surface area (Å²) < 4.78 is 11.9. The third kappa shape index (κ3) is 2.62. The molecule has 4 saturated carbocycles. The van der Waals surface area contributed by atoms with Crippen LogP contribution in [0.1, 0.15) is 37.7 Å². The third-order valence-electron chi connectivity index (χ3n) is 5.74. The van der Waals surface area contributed by atoms with E-state index in [1.165, 1.54) is 32.1 Å². The van der Waals surface area contributed by atoms with Gasteiger partial charge in [-0.3, -0.25) is 0 Å². The van der Waals surface area contributed by atoms with Gasteiger partial charge in [-0.15, -0.1) is 0 Å². The van der Waals surface area contributed by atoms with Crippen LogP contribution in [0.2, 0.25) is 0 Å². The van der Waals surface area contributed by atoms with Gasteiger partial charge in [-0.25, -0.2) is 0 Å². The number of benzene rings is 1. The summed E-state index contributed by atoms with van der Waals surface area (Å²) in [4.78, 5) is 0. The van der Waals surface area contributed by atoms with Gasteiger partial charge in [-0.05, 0) is 73.5 Å². The zero-order chi connectivity index (χ0) is 14.2. The van der Waals surface area contributed by atoms with Crippen LogP contribution in [0, 0.1) is 23.7 Å². The van der Waals surface area contributed by atoms with Crippen LogP contribution in [0.4, 0.5) is 0 Å². The molecule has 4 bridgehead atoms. The van der Waals surface area contributed by atoms with Gasteiger partial charge in [-0.2, -0.15) is 0 Å². The lowest BCUT2D eigenvalue weighted by Gasteiger charge is -2.53. The largest absolute Gasteiger partial charge is 0.468 e. The summed E-state index contributed by atoms with van der Waals surface area (Å²) >= 11 is 0. The van der Waals surface area contributed by atoms with Gasteiger partial charge in [0.05, 0.1) is 6.10 Å². The molecule has 2 heteroatoms. The van der Waals surface area contributed by atoms with Crippen molar-refractivity contribution in [1.82, 2.24) is 0 Å². The minimum atomic E-state index is 0.389. The maximum atomic E-state index is 6.14. The van der Waals surface area contributed by atoms with E-state index in [1.54, 1.807) is 0 Å². The molecule has 0 unspecified atom stereocenters. The van der Waals surface area contributed by atoms with Crippen LogP contribution in [0.3, 0.4) is 0 Å². The Morgan fingerprint density at radius 1 is 0.952 bits per heavy atom. The summed E-state index contributed by atoms with van der Waals surface area (Å²) in [7, 11) is 0. The molecule has 0 heterocycles. The van der Waals surface area contributed by atoms with E-state index in [4.69, 9.17) is 9.47 Å². The van der Waals surface area contributed by atoms with Gasteiger partial charge in [0.15, 0.2) is 6.79 Å². The Morgan fingerprint density at radius 2 is 1.57 bits per heavy atom. The lowest BCUT2D eigenvalue weighted by molar-refractivity contribution is -0.155. The fraction of sp³-hybridized carbons (Fsp3) is 0.579. The number of rotatable bonds is 5. The first kappa shape index (κ1) is 13.4. The van der Waals surface area contributed by atoms with Crippen molar-refractivity contribution in [2.75, 3.05) is 6.79 Å². The summed E-state index contributed by atoms with van der Waals surface area (Å²) in [5.41, 5.74) is 1.12. The molecule has 21 heavy (non-hydrogen) atoms. The van der Waals surface area contributed by atoms with Crippen molar-refractivity contribution < 1.29 is 9.47 Å². The van der Waals surface area contributed by atoms with E-state index in [0.717, 1.165) is 35.0 Å². The van der Waals surface area contributed by atoms with Crippen LogP contribution in [0.5, 0.6) is 5.75 Å². The molecule has 5 rings (SSSR count). The molecule has 4 aliphatic rings. The molecule has 0 amide bonds. The minimum absolute atomic E-state index is 0.389. The summed E-state index contributed by atoms with van der Waals surface area (Å²) in [5.74, 6) is 4.48. The van der Waals surface area contributed by atoms with Crippen LogP contribution in [-0.4, -0.2) is 12.9 Å². The predicted octanol–water partition coefficient (Wildman–Crippen LogP) is 4.51. The van der Waals surface area contributed by atoms with Crippen LogP contribution >= 0.6 is 0 Å². The van der Waals surface area contributed by atoms with Crippen LogP contribution in [-0.2, 0) is 4.74 Å². The van der Waals surface area contributed by atoms with Gasteiger partial charge in [-0.1, -0.05) is 24.8 Å². The first-order valence-electron chi connectivity index (χ1n) is 8.28. The van der Waals surface area contributed by atoms with Crippen molar-refractivity contribution in [3.8, 4) is 5.75 Å². The summed E-state index contributed by atoms with van der Waals surface area (Å²) in [6.07, 6.45) is 9.36. The highest BCUT2D eigenvalue weighted by Gasteiger charge is 2.48. The molecule has 0 aromatic heterocycles. The average molecular weight is 284 g/mol. The summed E-state index contributed by atoms with van der Waals surface area (Å²) in [6.45, 7) is 4.15. The van der Waals surface area contributed by atoms with Crippen molar-refractivity contribution in [2.24, 2.45) is 23.7 Å². The highest BCUT2D eigenvalue weighted by molar-refractivity contribution is 5.48. The molecular formula is C19H24O2. The fourth-order valence-electron chi connectivity index (χ4n) is 5.03. The Morgan fingerprint density at radius 3 is 2.14 bits per heavy atom. The topological polar surface area (TPSA) is 18.5 Å². The van der Waals surface area contributed by atoms with Gasteiger partial charge in [0.1, 0.15) is 5.75 Å². The molecule has 1 aromatic rings. The lowest BCUT2D eigenvalue weighted by Crippen LogP contribution is -2.49.